The van der Waals surface area contributed by atoms with Crippen LogP contribution in [0.15, 0.2) is 0 Å². The van der Waals surface area contributed by atoms with E-state index in [1.807, 2.05) is 0 Å². The summed E-state index contributed by atoms with van der Waals surface area (Å²) < 4.78 is 0. The third-order valence-corrected chi connectivity index (χ3v) is 0. The first kappa shape index (κ1) is 59.9. The van der Waals surface area contributed by atoms with E-state index >= 15 is 0 Å². The molecule has 0 N–H and O–H groups in total. The fourth-order valence-electron chi connectivity index (χ4n) is 0. The SMILES string of the molecule is [AsH3].[Au].[Cd].[Cu].[Ni].[PbH2].[Zn]. The smallest absolute Gasteiger partial charge is 0 e. The fraction of sp³-hybridized carbons (Fsp3) is 0. The van der Waals surface area contributed by atoms with Gasteiger partial charge < -0.3 is 0 Å². The molecule has 4 radical (unpaired) electrons. The molecule has 0 fully saturated rings. The van der Waals surface area contributed by atoms with E-state index in [4.69, 9.17) is 0 Å². The van der Waals surface area contributed by atoms with Crippen molar-refractivity contribution in [1.29, 1.82) is 0 Å². The second-order valence-electron chi connectivity index (χ2n) is 0. The quantitative estimate of drug-likeness (QED) is 0.247. The Balaban J connectivity index is 0. The molecule has 0 aromatic carbocycles. The first-order valence-corrected chi connectivity index (χ1v) is 0. The van der Waals surface area contributed by atoms with Gasteiger partial charge in [0, 0.05) is 103 Å². The van der Waals surface area contributed by atoms with Crippen molar-refractivity contribution in [3.8, 4) is 0 Å². The normalized spacial score (nSPS) is 0. The maximum Gasteiger partial charge on any atom is 0 e. The largest absolute Gasteiger partial charge is 0 e. The van der Waals surface area contributed by atoms with Crippen molar-refractivity contribution < 1.29 is 103 Å². The summed E-state index contributed by atoms with van der Waals surface area (Å²) in [7, 11) is 0. The molecule has 0 aliphatic rings. The van der Waals surface area contributed by atoms with Crippen molar-refractivity contribution >= 4 is 45.3 Å². The van der Waals surface area contributed by atoms with Crippen LogP contribution in [0.4, 0.5) is 0 Å². The fourth-order valence-corrected chi connectivity index (χ4v) is 0. The van der Waals surface area contributed by atoms with Crippen LogP contribution in [0, 0.1) is 0 Å². The Labute approximate surface area is 145 Å². The van der Waals surface area contributed by atoms with Gasteiger partial charge in [-0.3, -0.25) is 0 Å². The van der Waals surface area contributed by atoms with Crippen molar-refractivity contribution in [2.75, 3.05) is 0 Å². The van der Waals surface area contributed by atoms with Gasteiger partial charge in [-0.2, -0.15) is 0 Å². The van der Waals surface area contributed by atoms with Gasteiger partial charge >= 0.3 is 45.3 Å². The number of hydrogen-bond donors (Lipinski definition) is 0. The molecule has 7 heteroatoms. The van der Waals surface area contributed by atoms with Crippen molar-refractivity contribution in [3.63, 3.8) is 0 Å². The van der Waals surface area contributed by atoms with Gasteiger partial charge in [-0.1, -0.05) is 0 Å². The molecular formula is H5AsAuCdCuNiPbZn. The zero-order valence-electron chi connectivity index (χ0n) is 3.75. The van der Waals surface area contributed by atoms with E-state index in [1.165, 1.54) is 0 Å². The molecule has 0 amide bonds. The van der Waals surface area contributed by atoms with E-state index in [9.17, 15) is 0 Å². The molecule has 0 aromatic heterocycles. The maximum absolute atomic E-state index is 0. The maximum atomic E-state index is 0. The molecule has 7 heavy (non-hydrogen) atoms. The molecule has 0 saturated carbocycles. The van der Waals surface area contributed by atoms with Crippen LogP contribution < -0.4 is 0 Å². The van der Waals surface area contributed by atoms with E-state index in [1.54, 1.807) is 0 Å². The van der Waals surface area contributed by atoms with Crippen LogP contribution in [0.3, 0.4) is 0 Å². The first-order chi connectivity index (χ1) is 0. The zero-order chi connectivity index (χ0) is 0. The molecule has 0 heterocycles. The summed E-state index contributed by atoms with van der Waals surface area (Å²) in [6.45, 7) is 0. The van der Waals surface area contributed by atoms with Gasteiger partial charge in [-0.05, 0) is 0 Å². The summed E-state index contributed by atoms with van der Waals surface area (Å²) in [6, 6.07) is 0. The van der Waals surface area contributed by atoms with Crippen LogP contribution in [0.25, 0.3) is 0 Å². The molecule has 50 valence electrons. The second kappa shape index (κ2) is 45.1. The molecule has 0 aliphatic heterocycles. The van der Waals surface area contributed by atoms with Gasteiger partial charge in [-0.25, -0.2) is 0 Å². The van der Waals surface area contributed by atoms with Crippen LogP contribution in [0.2, 0.25) is 0 Å². The minimum atomic E-state index is 0. The Bertz CT molecular complexity index is 19.7. The van der Waals surface area contributed by atoms with Crippen LogP contribution in [0.5, 0.6) is 0 Å². The van der Waals surface area contributed by atoms with Crippen molar-refractivity contribution in [1.82, 2.24) is 0 Å². The minimum Gasteiger partial charge on any atom is 0 e. The summed E-state index contributed by atoms with van der Waals surface area (Å²) >= 11 is 0. The van der Waals surface area contributed by atoms with Crippen LogP contribution in [-0.4, -0.2) is 45.3 Å². The molecular weight excluding hydrogens is 779 g/mol. The monoisotopic (exact) mass is 784 g/mol. The average molecular weight is 784 g/mol. The summed E-state index contributed by atoms with van der Waals surface area (Å²) in [6.07, 6.45) is 0. The van der Waals surface area contributed by atoms with Crippen molar-refractivity contribution in [2.24, 2.45) is 0 Å². The minimum absolute atomic E-state index is 0. The summed E-state index contributed by atoms with van der Waals surface area (Å²) in [5, 5.41) is 0. The molecule has 0 spiro atoms. The molecule has 1 unspecified atom stereocenters. The summed E-state index contributed by atoms with van der Waals surface area (Å²) in [5.41, 5.74) is 0. The summed E-state index contributed by atoms with van der Waals surface area (Å²) in [5.74, 6) is 0. The van der Waals surface area contributed by atoms with Crippen LogP contribution >= 0.6 is 0 Å². The zero-order valence-corrected chi connectivity index (χ0v) is 23.3. The molecule has 0 rings (SSSR count). The number of hydrogen-bond acceptors (Lipinski definition) is 0. The Morgan fingerprint density at radius 1 is 1.00 bits per heavy atom. The molecule has 0 nitrogen and oxygen atoms in total. The summed E-state index contributed by atoms with van der Waals surface area (Å²) in [4.78, 5) is 0. The van der Waals surface area contributed by atoms with Gasteiger partial charge in [0.2, 0.25) is 0 Å². The van der Waals surface area contributed by atoms with E-state index < -0.39 is 0 Å². The Morgan fingerprint density at radius 2 is 1.00 bits per heavy atom. The van der Waals surface area contributed by atoms with Crippen molar-refractivity contribution in [2.45, 2.75) is 0 Å². The van der Waals surface area contributed by atoms with Gasteiger partial charge in [0.05, 0.1) is 0 Å². The molecule has 0 aliphatic carbocycles. The molecule has 0 saturated heterocycles. The van der Waals surface area contributed by atoms with E-state index in [2.05, 4.69) is 0 Å². The first-order valence-electron chi connectivity index (χ1n) is 0. The predicted molar refractivity (Wildman–Crippen MR) is 18.5 cm³/mol. The van der Waals surface area contributed by atoms with Gasteiger partial charge in [0.25, 0.3) is 0 Å². The topological polar surface area (TPSA) is 0 Å². The molecule has 1 atom stereocenters. The predicted octanol–water partition coefficient (Wildman–Crippen LogP) is -2.11. The molecule has 0 aromatic rings. The van der Waals surface area contributed by atoms with Crippen LogP contribution in [-0.2, 0) is 103 Å². The second-order valence-corrected chi connectivity index (χ2v) is 0. The van der Waals surface area contributed by atoms with Gasteiger partial charge in [0.1, 0.15) is 0 Å². The van der Waals surface area contributed by atoms with E-state index in [-0.39, 0.29) is 148 Å². The Kier molecular flexibility index (Phi) is 386. The number of rotatable bonds is 0. The Morgan fingerprint density at radius 3 is 1.00 bits per heavy atom. The van der Waals surface area contributed by atoms with Crippen LogP contribution in [0.1, 0.15) is 0 Å². The van der Waals surface area contributed by atoms with Crippen molar-refractivity contribution in [3.05, 3.63) is 0 Å². The van der Waals surface area contributed by atoms with E-state index in [0.717, 1.165) is 0 Å². The van der Waals surface area contributed by atoms with Gasteiger partial charge in [-0.15, -0.1) is 0 Å². The Hall–Kier alpha value is 4.78. The van der Waals surface area contributed by atoms with Gasteiger partial charge in [0.15, 0.2) is 0 Å². The third-order valence-electron chi connectivity index (χ3n) is 0. The van der Waals surface area contributed by atoms with E-state index in [0.29, 0.717) is 0 Å². The standard InChI is InChI=1S/AsH3.Au.Cd.Cu.Ni.Pb.Zn.2H/h1H3;;;;;;;;. The molecule has 0 bridgehead atoms. The average Bonchev–Trinajstić information content (AvgIpc) is 0. The third kappa shape index (κ3) is 36.4.